The fraction of sp³-hybridized carbons (Fsp3) is 0.136. The predicted molar refractivity (Wildman–Crippen MR) is 109 cm³/mol. The van der Waals surface area contributed by atoms with Crippen molar-refractivity contribution in [2.24, 2.45) is 0 Å². The first-order valence-electron chi connectivity index (χ1n) is 9.20. The van der Waals surface area contributed by atoms with Crippen LogP contribution in [0, 0.1) is 0 Å². The summed E-state index contributed by atoms with van der Waals surface area (Å²) in [6.07, 6.45) is -5.08. The van der Waals surface area contributed by atoms with Crippen LogP contribution in [0.5, 0.6) is 11.5 Å². The summed E-state index contributed by atoms with van der Waals surface area (Å²) in [5, 5.41) is 2.06. The fourth-order valence-corrected chi connectivity index (χ4v) is 3.24. The van der Waals surface area contributed by atoms with Crippen LogP contribution in [0.3, 0.4) is 0 Å². The average molecular weight is 449 g/mol. The molecule has 2 amide bonds. The molecule has 0 aliphatic carbocycles. The zero-order valence-electron chi connectivity index (χ0n) is 15.9. The van der Waals surface area contributed by atoms with Gasteiger partial charge in [-0.3, -0.25) is 10.2 Å². The number of para-hydroxylation sites is 1. The number of ether oxygens (including phenoxy) is 2. The van der Waals surface area contributed by atoms with E-state index in [2.05, 4.69) is 0 Å². The molecule has 3 aromatic rings. The number of rotatable bonds is 4. The van der Waals surface area contributed by atoms with Gasteiger partial charge in [0.25, 0.3) is 0 Å². The average Bonchev–Trinajstić information content (AvgIpc) is 3.11. The highest BCUT2D eigenvalue weighted by Crippen LogP contribution is 2.46. The highest BCUT2D eigenvalue weighted by atomic mass is 35.5. The van der Waals surface area contributed by atoms with Crippen molar-refractivity contribution in [1.29, 1.82) is 0 Å². The Morgan fingerprint density at radius 3 is 2.19 bits per heavy atom. The molecule has 0 unspecified atom stereocenters. The van der Waals surface area contributed by atoms with Gasteiger partial charge >= 0.3 is 18.1 Å². The molecule has 5 nitrogen and oxygen atoms in total. The number of carbonyl (C=O) groups is 1. The van der Waals surface area contributed by atoms with Crippen LogP contribution in [0.2, 0.25) is 5.02 Å². The smallest absolute Gasteiger partial charge is 0.424 e. The summed E-state index contributed by atoms with van der Waals surface area (Å²) in [5.74, 6) is -3.79. The van der Waals surface area contributed by atoms with Crippen LogP contribution in [-0.2, 0) is 6.54 Å². The summed E-state index contributed by atoms with van der Waals surface area (Å²) < 4.78 is 52.2. The van der Waals surface area contributed by atoms with Gasteiger partial charge < -0.3 is 9.47 Å². The van der Waals surface area contributed by atoms with E-state index in [0.29, 0.717) is 5.69 Å². The van der Waals surface area contributed by atoms with Crippen molar-refractivity contribution in [1.82, 2.24) is 5.32 Å². The van der Waals surface area contributed by atoms with Crippen LogP contribution in [-0.4, -0.2) is 18.1 Å². The molecule has 3 aromatic carbocycles. The number of hydrogen-bond acceptors (Lipinski definition) is 3. The SMILES string of the molecule is O=C(N[C@@]1(C(F)(F)F)Oc2ccc(Cl)cc2O1)N(Cc1ccccc1)c1ccccc1. The Hall–Kier alpha value is -3.39. The molecule has 1 aliphatic rings. The molecule has 1 N–H and O–H groups in total. The van der Waals surface area contributed by atoms with E-state index < -0.39 is 18.1 Å². The van der Waals surface area contributed by atoms with Gasteiger partial charge in [0.15, 0.2) is 11.5 Å². The Morgan fingerprint density at radius 1 is 0.935 bits per heavy atom. The Labute approximate surface area is 180 Å². The normalized spacial score (nSPS) is 17.3. The van der Waals surface area contributed by atoms with Crippen LogP contribution in [0.15, 0.2) is 78.9 Å². The van der Waals surface area contributed by atoms with Gasteiger partial charge in [-0.2, -0.15) is 13.2 Å². The number of fused-ring (bicyclic) bond motifs is 1. The van der Waals surface area contributed by atoms with Crippen molar-refractivity contribution in [3.8, 4) is 11.5 Å². The first-order valence-corrected chi connectivity index (χ1v) is 9.58. The van der Waals surface area contributed by atoms with E-state index in [1.807, 2.05) is 5.32 Å². The number of benzene rings is 3. The lowest BCUT2D eigenvalue weighted by Gasteiger charge is -2.32. The third-order valence-electron chi connectivity index (χ3n) is 4.55. The summed E-state index contributed by atoms with van der Waals surface area (Å²) in [5.41, 5.74) is 1.13. The van der Waals surface area contributed by atoms with Crippen LogP contribution in [0.1, 0.15) is 5.56 Å². The maximum Gasteiger partial charge on any atom is 0.492 e. The lowest BCUT2D eigenvalue weighted by molar-refractivity contribution is -0.317. The third-order valence-corrected chi connectivity index (χ3v) is 4.79. The van der Waals surface area contributed by atoms with Crippen LogP contribution >= 0.6 is 11.6 Å². The molecule has 0 saturated carbocycles. The molecule has 160 valence electrons. The van der Waals surface area contributed by atoms with E-state index in [1.165, 1.54) is 23.1 Å². The third kappa shape index (κ3) is 4.25. The maximum absolute atomic E-state index is 14.0. The number of hydrogen-bond donors (Lipinski definition) is 1. The Balaban J connectivity index is 1.66. The van der Waals surface area contributed by atoms with E-state index in [4.69, 9.17) is 21.1 Å². The van der Waals surface area contributed by atoms with Crippen molar-refractivity contribution >= 4 is 23.3 Å². The lowest BCUT2D eigenvalue weighted by atomic mass is 10.2. The minimum atomic E-state index is -5.08. The minimum Gasteiger partial charge on any atom is -0.424 e. The highest BCUT2D eigenvalue weighted by Gasteiger charge is 2.66. The molecule has 1 heterocycles. The Morgan fingerprint density at radius 2 is 1.55 bits per heavy atom. The first kappa shape index (κ1) is 20.9. The summed E-state index contributed by atoms with van der Waals surface area (Å²) in [7, 11) is 0. The fourth-order valence-electron chi connectivity index (χ4n) is 3.08. The number of halogens is 4. The summed E-state index contributed by atoms with van der Waals surface area (Å²) in [4.78, 5) is 14.3. The van der Waals surface area contributed by atoms with Gasteiger partial charge in [0.05, 0.1) is 6.54 Å². The molecule has 0 radical (unpaired) electrons. The second-order valence-corrected chi connectivity index (χ2v) is 7.18. The maximum atomic E-state index is 14.0. The van der Waals surface area contributed by atoms with E-state index in [1.54, 1.807) is 60.7 Å². The van der Waals surface area contributed by atoms with Gasteiger partial charge in [-0.05, 0) is 29.8 Å². The monoisotopic (exact) mass is 448 g/mol. The molecule has 0 fully saturated rings. The lowest BCUT2D eigenvalue weighted by Crippen LogP contribution is -2.66. The van der Waals surface area contributed by atoms with Gasteiger partial charge in [-0.25, -0.2) is 4.79 Å². The number of alkyl halides is 3. The molecule has 0 aromatic heterocycles. The van der Waals surface area contributed by atoms with Crippen LogP contribution in [0.4, 0.5) is 23.7 Å². The molecule has 4 rings (SSSR count). The quantitative estimate of drug-likeness (QED) is 0.553. The zero-order chi connectivity index (χ0) is 22.1. The number of urea groups is 1. The largest absolute Gasteiger partial charge is 0.492 e. The molecular formula is C22H16ClF3N2O3. The minimum absolute atomic E-state index is 0.0312. The summed E-state index contributed by atoms with van der Waals surface area (Å²) >= 11 is 5.84. The topological polar surface area (TPSA) is 50.8 Å². The summed E-state index contributed by atoms with van der Waals surface area (Å²) in [6.45, 7) is 0.0312. The molecular weight excluding hydrogens is 433 g/mol. The Bertz CT molecular complexity index is 1080. The van der Waals surface area contributed by atoms with E-state index in [0.717, 1.165) is 5.56 Å². The van der Waals surface area contributed by atoms with Gasteiger partial charge in [0.2, 0.25) is 0 Å². The van der Waals surface area contributed by atoms with Crippen LogP contribution < -0.4 is 19.7 Å². The van der Waals surface area contributed by atoms with Crippen molar-refractivity contribution in [3.05, 3.63) is 89.4 Å². The summed E-state index contributed by atoms with van der Waals surface area (Å²) in [6, 6.07) is 20.0. The van der Waals surface area contributed by atoms with Gasteiger partial charge in [0.1, 0.15) is 0 Å². The highest BCUT2D eigenvalue weighted by molar-refractivity contribution is 6.30. The second-order valence-electron chi connectivity index (χ2n) is 6.75. The molecule has 0 bridgehead atoms. The van der Waals surface area contributed by atoms with E-state index in [9.17, 15) is 18.0 Å². The number of amides is 2. The second kappa shape index (κ2) is 8.03. The number of nitrogens with zero attached hydrogens (tertiary/aromatic N) is 1. The van der Waals surface area contributed by atoms with E-state index >= 15 is 0 Å². The zero-order valence-corrected chi connectivity index (χ0v) is 16.7. The molecule has 9 heteroatoms. The number of carbonyl (C=O) groups excluding carboxylic acids is 1. The van der Waals surface area contributed by atoms with Gasteiger partial charge in [-0.1, -0.05) is 60.1 Å². The van der Waals surface area contributed by atoms with Crippen LogP contribution in [0.25, 0.3) is 0 Å². The first-order chi connectivity index (χ1) is 14.8. The van der Waals surface area contributed by atoms with Gasteiger partial charge in [0, 0.05) is 16.8 Å². The van der Waals surface area contributed by atoms with Crippen molar-refractivity contribution in [2.75, 3.05) is 4.90 Å². The van der Waals surface area contributed by atoms with Crippen molar-refractivity contribution in [3.63, 3.8) is 0 Å². The van der Waals surface area contributed by atoms with E-state index in [-0.39, 0.29) is 23.1 Å². The predicted octanol–water partition coefficient (Wildman–Crippen LogP) is 5.74. The molecule has 0 spiro atoms. The van der Waals surface area contributed by atoms with Gasteiger partial charge in [-0.15, -0.1) is 0 Å². The number of nitrogens with one attached hydrogen (secondary N) is 1. The number of anilines is 1. The molecule has 0 saturated heterocycles. The molecule has 1 aliphatic heterocycles. The Kier molecular flexibility index (Phi) is 5.41. The standard InChI is InChI=1S/C22H16ClF3N2O3/c23-16-11-12-18-19(13-16)31-22(30-18,21(24,25)26)27-20(29)28(17-9-5-2-6-10-17)14-15-7-3-1-4-8-15/h1-13H,14H2,(H,27,29)/t22-/m0/s1. The molecule has 31 heavy (non-hydrogen) atoms. The molecule has 1 atom stereocenters. The van der Waals surface area contributed by atoms with Crippen molar-refractivity contribution < 1.29 is 27.4 Å². The van der Waals surface area contributed by atoms with Crippen molar-refractivity contribution in [2.45, 2.75) is 18.6 Å².